The van der Waals surface area contributed by atoms with E-state index in [1.807, 2.05) is 0 Å². The summed E-state index contributed by atoms with van der Waals surface area (Å²) in [5.41, 5.74) is 0.432. The number of aromatic nitrogens is 2. The van der Waals surface area contributed by atoms with Gasteiger partial charge in [0.1, 0.15) is 0 Å². The van der Waals surface area contributed by atoms with Crippen LogP contribution in [0.5, 0.6) is 0 Å². The molecule has 5 nitrogen and oxygen atoms in total. The number of hydrogen-bond donors (Lipinski definition) is 1. The maximum atomic E-state index is 5.69. The monoisotopic (exact) mass is 252 g/mol. The van der Waals surface area contributed by atoms with Crippen molar-refractivity contribution in [2.75, 3.05) is 24.5 Å². The molecule has 5 heteroatoms. The highest BCUT2D eigenvalue weighted by Gasteiger charge is 2.25. The Morgan fingerprint density at radius 1 is 1.28 bits per heavy atom. The zero-order valence-electron chi connectivity index (χ0n) is 11.7. The van der Waals surface area contributed by atoms with Gasteiger partial charge in [0.15, 0.2) is 0 Å². The molecule has 0 atom stereocenters. The summed E-state index contributed by atoms with van der Waals surface area (Å²) in [4.78, 5) is 2.22. The molecule has 0 bridgehead atoms. The van der Waals surface area contributed by atoms with E-state index in [4.69, 9.17) is 4.42 Å². The summed E-state index contributed by atoms with van der Waals surface area (Å²) in [7, 11) is 0. The van der Waals surface area contributed by atoms with Crippen molar-refractivity contribution in [3.8, 4) is 0 Å². The minimum atomic E-state index is 0.432. The second-order valence-electron chi connectivity index (χ2n) is 5.76. The van der Waals surface area contributed by atoms with E-state index in [-0.39, 0.29) is 0 Å². The van der Waals surface area contributed by atoms with Crippen molar-refractivity contribution < 1.29 is 4.42 Å². The van der Waals surface area contributed by atoms with Gasteiger partial charge in [0, 0.05) is 13.1 Å². The van der Waals surface area contributed by atoms with Crippen LogP contribution in [-0.4, -0.2) is 29.8 Å². The van der Waals surface area contributed by atoms with Crippen LogP contribution in [0.4, 0.5) is 6.01 Å². The van der Waals surface area contributed by atoms with Gasteiger partial charge in [-0.3, -0.25) is 0 Å². The minimum Gasteiger partial charge on any atom is -0.407 e. The lowest BCUT2D eigenvalue weighted by atomic mass is 9.85. The fourth-order valence-corrected chi connectivity index (χ4v) is 2.29. The third kappa shape index (κ3) is 3.45. The highest BCUT2D eigenvalue weighted by molar-refractivity contribution is 5.24. The third-order valence-electron chi connectivity index (χ3n) is 3.59. The first-order valence-corrected chi connectivity index (χ1v) is 6.89. The van der Waals surface area contributed by atoms with Gasteiger partial charge in [-0.25, -0.2) is 0 Å². The molecule has 18 heavy (non-hydrogen) atoms. The van der Waals surface area contributed by atoms with E-state index in [0.717, 1.165) is 19.6 Å². The van der Waals surface area contributed by atoms with Gasteiger partial charge in [-0.2, -0.15) is 0 Å². The molecule has 0 unspecified atom stereocenters. The van der Waals surface area contributed by atoms with Crippen LogP contribution in [0.15, 0.2) is 4.42 Å². The Balaban J connectivity index is 1.96. The highest BCUT2D eigenvalue weighted by Crippen LogP contribution is 2.31. The van der Waals surface area contributed by atoms with E-state index in [9.17, 15) is 0 Å². The number of hydrogen-bond acceptors (Lipinski definition) is 5. The molecule has 0 saturated carbocycles. The fraction of sp³-hybridized carbons (Fsp3) is 0.846. The predicted octanol–water partition coefficient (Wildman–Crippen LogP) is 2.20. The lowest BCUT2D eigenvalue weighted by molar-refractivity contribution is 0.324. The predicted molar refractivity (Wildman–Crippen MR) is 71.5 cm³/mol. The van der Waals surface area contributed by atoms with E-state index in [0.29, 0.717) is 23.9 Å². The topological polar surface area (TPSA) is 54.2 Å². The van der Waals surface area contributed by atoms with E-state index in [2.05, 4.69) is 41.2 Å². The maximum absolute atomic E-state index is 5.69. The van der Waals surface area contributed by atoms with E-state index < -0.39 is 0 Å². The first-order chi connectivity index (χ1) is 8.61. The number of nitrogens with one attached hydrogen (secondary N) is 1. The van der Waals surface area contributed by atoms with Crippen molar-refractivity contribution in [2.45, 2.75) is 46.6 Å². The molecule has 2 rings (SSSR count). The summed E-state index contributed by atoms with van der Waals surface area (Å²) in [5, 5.41) is 11.4. The molecule has 2 heterocycles. The van der Waals surface area contributed by atoms with Gasteiger partial charge < -0.3 is 14.6 Å². The van der Waals surface area contributed by atoms with Crippen LogP contribution in [0.3, 0.4) is 0 Å². The molecule has 0 aromatic carbocycles. The summed E-state index contributed by atoms with van der Waals surface area (Å²) < 4.78 is 5.69. The van der Waals surface area contributed by atoms with E-state index >= 15 is 0 Å². The van der Waals surface area contributed by atoms with Crippen molar-refractivity contribution in [3.63, 3.8) is 0 Å². The highest BCUT2D eigenvalue weighted by atomic mass is 16.4. The molecule has 1 aromatic rings. The van der Waals surface area contributed by atoms with Gasteiger partial charge in [0.05, 0.1) is 6.54 Å². The largest absolute Gasteiger partial charge is 0.407 e. The molecule has 1 aromatic heterocycles. The molecule has 102 valence electrons. The molecule has 0 aliphatic carbocycles. The first-order valence-electron chi connectivity index (χ1n) is 6.89. The standard InChI is InChI=1S/C13H24N4O/c1-4-14-10-11-15-16-12(18-11)17-8-5-6-13(2,3)7-9-17/h14H,4-10H2,1-3H3. The fourth-order valence-electron chi connectivity index (χ4n) is 2.29. The van der Waals surface area contributed by atoms with Gasteiger partial charge in [0.25, 0.3) is 0 Å². The van der Waals surface area contributed by atoms with Gasteiger partial charge >= 0.3 is 6.01 Å². The summed E-state index contributed by atoms with van der Waals surface area (Å²) in [5.74, 6) is 0.676. The molecule has 1 N–H and O–H groups in total. The molecule has 0 spiro atoms. The summed E-state index contributed by atoms with van der Waals surface area (Å²) in [6.07, 6.45) is 3.64. The van der Waals surface area contributed by atoms with Crippen LogP contribution in [0, 0.1) is 5.41 Å². The smallest absolute Gasteiger partial charge is 0.318 e. The Hall–Kier alpha value is -1.10. The molecule has 0 amide bonds. The van der Waals surface area contributed by atoms with Crippen molar-refractivity contribution >= 4 is 6.01 Å². The Bertz CT molecular complexity index is 375. The zero-order valence-corrected chi connectivity index (χ0v) is 11.7. The third-order valence-corrected chi connectivity index (χ3v) is 3.59. The normalized spacial score (nSPS) is 19.8. The number of anilines is 1. The van der Waals surface area contributed by atoms with Gasteiger partial charge in [0.2, 0.25) is 5.89 Å². The Morgan fingerprint density at radius 2 is 2.11 bits per heavy atom. The molecular weight excluding hydrogens is 228 g/mol. The van der Waals surface area contributed by atoms with Crippen LogP contribution >= 0.6 is 0 Å². The average molecular weight is 252 g/mol. The van der Waals surface area contributed by atoms with Gasteiger partial charge in [-0.1, -0.05) is 25.9 Å². The number of nitrogens with zero attached hydrogens (tertiary/aromatic N) is 3. The Kier molecular flexibility index (Phi) is 4.22. The molecule has 1 aliphatic heterocycles. The SMILES string of the molecule is CCNCc1nnc(N2CCCC(C)(C)CC2)o1. The second kappa shape index (κ2) is 5.69. The average Bonchev–Trinajstić information content (AvgIpc) is 2.72. The van der Waals surface area contributed by atoms with Crippen molar-refractivity contribution in [1.82, 2.24) is 15.5 Å². The zero-order chi connectivity index (χ0) is 13.0. The van der Waals surface area contributed by atoms with Crippen molar-refractivity contribution in [2.24, 2.45) is 5.41 Å². The molecule has 1 fully saturated rings. The van der Waals surface area contributed by atoms with Gasteiger partial charge in [-0.15, -0.1) is 5.10 Å². The van der Waals surface area contributed by atoms with Crippen LogP contribution in [0.25, 0.3) is 0 Å². The van der Waals surface area contributed by atoms with Crippen molar-refractivity contribution in [1.29, 1.82) is 0 Å². The van der Waals surface area contributed by atoms with Crippen LogP contribution in [-0.2, 0) is 6.54 Å². The summed E-state index contributed by atoms with van der Waals surface area (Å²) >= 11 is 0. The van der Waals surface area contributed by atoms with Crippen LogP contribution in [0.1, 0.15) is 45.9 Å². The molecule has 0 radical (unpaired) electrons. The second-order valence-corrected chi connectivity index (χ2v) is 5.76. The number of rotatable bonds is 4. The summed E-state index contributed by atoms with van der Waals surface area (Å²) in [6.45, 7) is 10.3. The molecule has 1 aliphatic rings. The molecule has 1 saturated heterocycles. The summed E-state index contributed by atoms with van der Waals surface area (Å²) in [6, 6.07) is 0.681. The van der Waals surface area contributed by atoms with Crippen molar-refractivity contribution in [3.05, 3.63) is 5.89 Å². The van der Waals surface area contributed by atoms with Crippen LogP contribution < -0.4 is 10.2 Å². The lowest BCUT2D eigenvalue weighted by Gasteiger charge is -2.22. The Labute approximate surface area is 109 Å². The van der Waals surface area contributed by atoms with E-state index in [1.165, 1.54) is 19.3 Å². The van der Waals surface area contributed by atoms with Crippen LogP contribution in [0.2, 0.25) is 0 Å². The molecular formula is C13H24N4O. The first kappa shape index (κ1) is 13.3. The Morgan fingerprint density at radius 3 is 2.89 bits per heavy atom. The van der Waals surface area contributed by atoms with E-state index in [1.54, 1.807) is 0 Å². The minimum absolute atomic E-state index is 0.432. The quantitative estimate of drug-likeness (QED) is 0.890. The van der Waals surface area contributed by atoms with Gasteiger partial charge in [-0.05, 0) is 31.2 Å². The lowest BCUT2D eigenvalue weighted by Crippen LogP contribution is -2.25. The maximum Gasteiger partial charge on any atom is 0.318 e.